The number of nitrogens with one attached hydrogen (secondary N) is 1. The van der Waals surface area contributed by atoms with Crippen LogP contribution in [0.3, 0.4) is 0 Å². The van der Waals surface area contributed by atoms with Gasteiger partial charge >= 0.3 is 5.97 Å². The first kappa shape index (κ1) is 13.4. The molecule has 0 bridgehead atoms. The summed E-state index contributed by atoms with van der Waals surface area (Å²) in [6.45, 7) is 3.42. The highest BCUT2D eigenvalue weighted by Gasteiger charge is 2.12. The quantitative estimate of drug-likeness (QED) is 0.903. The lowest BCUT2D eigenvalue weighted by atomic mass is 10.0. The van der Waals surface area contributed by atoms with Crippen LogP contribution in [0.5, 0.6) is 5.75 Å². The maximum absolute atomic E-state index is 10.4. The van der Waals surface area contributed by atoms with Crippen molar-refractivity contribution in [1.29, 1.82) is 0 Å². The number of carboxylic acid groups (broad SMARTS) is 1. The van der Waals surface area contributed by atoms with Gasteiger partial charge in [0.05, 0.1) is 10.7 Å². The fourth-order valence-corrected chi connectivity index (χ4v) is 2.12. The number of aryl methyl sites for hydroxylation is 2. The molecule has 2 aromatic rings. The number of aromatic amines is 1. The van der Waals surface area contributed by atoms with E-state index in [1.807, 2.05) is 19.9 Å². The van der Waals surface area contributed by atoms with Gasteiger partial charge in [-0.05, 0) is 31.5 Å². The second-order valence-corrected chi connectivity index (χ2v) is 4.54. The molecule has 0 unspecified atom stereocenters. The smallest absolute Gasteiger partial charge is 0.341 e. The fraction of sp³-hybridized carbons (Fsp3) is 0.231. The Morgan fingerprint density at radius 1 is 1.47 bits per heavy atom. The van der Waals surface area contributed by atoms with Crippen molar-refractivity contribution in [2.45, 2.75) is 13.8 Å². The van der Waals surface area contributed by atoms with E-state index in [4.69, 9.17) is 21.4 Å². The van der Waals surface area contributed by atoms with E-state index in [-0.39, 0.29) is 0 Å². The third-order valence-electron chi connectivity index (χ3n) is 2.70. The Balaban J connectivity index is 2.31. The third-order valence-corrected chi connectivity index (χ3v) is 3.00. The molecule has 6 heteroatoms. The zero-order valence-electron chi connectivity index (χ0n) is 10.5. The summed E-state index contributed by atoms with van der Waals surface area (Å²) in [7, 11) is 0. The first-order chi connectivity index (χ1) is 8.99. The molecular formula is C13H13ClN2O3. The number of aromatic nitrogens is 2. The molecule has 0 fully saturated rings. The number of aliphatic carboxylic acids is 1. The van der Waals surface area contributed by atoms with Crippen LogP contribution in [-0.2, 0) is 4.79 Å². The minimum Gasteiger partial charge on any atom is -0.480 e. The molecule has 5 nitrogen and oxygen atoms in total. The normalized spacial score (nSPS) is 10.5. The fourth-order valence-electron chi connectivity index (χ4n) is 1.89. The second-order valence-electron chi connectivity index (χ2n) is 4.14. The van der Waals surface area contributed by atoms with Crippen LogP contribution >= 0.6 is 11.6 Å². The topological polar surface area (TPSA) is 75.2 Å². The number of nitrogens with zero attached hydrogens (tertiary/aromatic N) is 1. The first-order valence-corrected chi connectivity index (χ1v) is 6.03. The van der Waals surface area contributed by atoms with Crippen LogP contribution in [0.4, 0.5) is 0 Å². The van der Waals surface area contributed by atoms with E-state index in [1.54, 1.807) is 12.1 Å². The van der Waals surface area contributed by atoms with Gasteiger partial charge in [0.1, 0.15) is 5.75 Å². The van der Waals surface area contributed by atoms with Gasteiger partial charge in [0.25, 0.3) is 0 Å². The number of carbonyl (C=O) groups is 1. The van der Waals surface area contributed by atoms with Gasteiger partial charge in [0.15, 0.2) is 6.61 Å². The van der Waals surface area contributed by atoms with Gasteiger partial charge in [-0.1, -0.05) is 17.7 Å². The van der Waals surface area contributed by atoms with Crippen molar-refractivity contribution in [2.24, 2.45) is 0 Å². The molecule has 0 radical (unpaired) electrons. The van der Waals surface area contributed by atoms with E-state index in [9.17, 15) is 4.79 Å². The Labute approximate surface area is 115 Å². The molecule has 0 saturated heterocycles. The molecule has 1 aromatic carbocycles. The van der Waals surface area contributed by atoms with Crippen molar-refractivity contribution in [3.63, 3.8) is 0 Å². The lowest BCUT2D eigenvalue weighted by molar-refractivity contribution is -0.139. The predicted octanol–water partition coefficient (Wildman–Crippen LogP) is 2.81. The summed E-state index contributed by atoms with van der Waals surface area (Å²) >= 11 is 6.09. The van der Waals surface area contributed by atoms with E-state index in [0.717, 1.165) is 22.5 Å². The molecule has 19 heavy (non-hydrogen) atoms. The van der Waals surface area contributed by atoms with Crippen LogP contribution in [0, 0.1) is 13.8 Å². The SMILES string of the molecule is Cc1n[nH]c(C)c1-c1ccc(OCC(=O)O)c(Cl)c1. The maximum atomic E-state index is 10.4. The maximum Gasteiger partial charge on any atom is 0.341 e. The molecule has 0 aliphatic carbocycles. The summed E-state index contributed by atoms with van der Waals surface area (Å²) in [4.78, 5) is 10.4. The lowest BCUT2D eigenvalue weighted by Crippen LogP contribution is -2.09. The van der Waals surface area contributed by atoms with Crippen LogP contribution in [0.25, 0.3) is 11.1 Å². The lowest BCUT2D eigenvalue weighted by Gasteiger charge is -2.08. The van der Waals surface area contributed by atoms with Crippen molar-refractivity contribution in [2.75, 3.05) is 6.61 Å². The minimum atomic E-state index is -1.04. The van der Waals surface area contributed by atoms with Crippen molar-refractivity contribution in [1.82, 2.24) is 10.2 Å². The number of ether oxygens (including phenoxy) is 1. The largest absolute Gasteiger partial charge is 0.480 e. The Hall–Kier alpha value is -2.01. The van der Waals surface area contributed by atoms with Crippen molar-refractivity contribution in [3.8, 4) is 16.9 Å². The van der Waals surface area contributed by atoms with E-state index >= 15 is 0 Å². The number of halogens is 1. The Bertz CT molecular complexity index is 603. The summed E-state index contributed by atoms with van der Waals surface area (Å²) < 4.78 is 5.08. The summed E-state index contributed by atoms with van der Waals surface area (Å²) in [5.74, 6) is -0.687. The zero-order chi connectivity index (χ0) is 14.0. The summed E-state index contributed by atoms with van der Waals surface area (Å²) in [5.41, 5.74) is 3.74. The van der Waals surface area contributed by atoms with Gasteiger partial charge in [-0.15, -0.1) is 0 Å². The highest BCUT2D eigenvalue weighted by Crippen LogP contribution is 2.32. The molecular weight excluding hydrogens is 268 g/mol. The standard InChI is InChI=1S/C13H13ClN2O3/c1-7-13(8(2)16-15-7)9-3-4-11(10(14)5-9)19-6-12(17)18/h3-5H,6H2,1-2H3,(H,15,16)(H,17,18). The highest BCUT2D eigenvalue weighted by atomic mass is 35.5. The predicted molar refractivity (Wildman–Crippen MR) is 71.6 cm³/mol. The average molecular weight is 281 g/mol. The number of carboxylic acids is 1. The molecule has 2 rings (SSSR count). The molecule has 0 saturated carbocycles. The average Bonchev–Trinajstić information content (AvgIpc) is 2.67. The monoisotopic (exact) mass is 280 g/mol. The molecule has 0 atom stereocenters. The van der Waals surface area contributed by atoms with Crippen LogP contribution in [0.15, 0.2) is 18.2 Å². The summed E-state index contributed by atoms with van der Waals surface area (Å²) in [6, 6.07) is 5.23. The second kappa shape index (κ2) is 5.32. The van der Waals surface area contributed by atoms with Crippen molar-refractivity contribution in [3.05, 3.63) is 34.6 Å². The molecule has 2 N–H and O–H groups in total. The van der Waals surface area contributed by atoms with Gasteiger partial charge in [-0.25, -0.2) is 4.79 Å². The van der Waals surface area contributed by atoms with E-state index in [2.05, 4.69) is 10.2 Å². The molecule has 1 heterocycles. The summed E-state index contributed by atoms with van der Waals surface area (Å²) in [6.07, 6.45) is 0. The van der Waals surface area contributed by atoms with Crippen LogP contribution in [0.2, 0.25) is 5.02 Å². The van der Waals surface area contributed by atoms with Gasteiger partial charge in [-0.3, -0.25) is 5.10 Å². The number of H-pyrrole nitrogens is 1. The number of hydrogen-bond acceptors (Lipinski definition) is 3. The highest BCUT2D eigenvalue weighted by molar-refractivity contribution is 6.32. The van der Waals surface area contributed by atoms with E-state index in [0.29, 0.717) is 10.8 Å². The van der Waals surface area contributed by atoms with Crippen molar-refractivity contribution >= 4 is 17.6 Å². The Morgan fingerprint density at radius 3 is 2.74 bits per heavy atom. The van der Waals surface area contributed by atoms with Crippen LogP contribution in [0.1, 0.15) is 11.4 Å². The third kappa shape index (κ3) is 2.88. The van der Waals surface area contributed by atoms with Crippen LogP contribution in [-0.4, -0.2) is 27.9 Å². The Kier molecular flexibility index (Phi) is 3.76. The van der Waals surface area contributed by atoms with E-state index < -0.39 is 12.6 Å². The zero-order valence-corrected chi connectivity index (χ0v) is 11.3. The number of benzene rings is 1. The molecule has 0 aliphatic heterocycles. The van der Waals surface area contributed by atoms with Gasteiger partial charge < -0.3 is 9.84 Å². The molecule has 100 valence electrons. The molecule has 0 amide bonds. The van der Waals surface area contributed by atoms with E-state index in [1.165, 1.54) is 0 Å². The number of hydrogen-bond donors (Lipinski definition) is 2. The first-order valence-electron chi connectivity index (χ1n) is 5.65. The molecule has 1 aromatic heterocycles. The van der Waals surface area contributed by atoms with Gasteiger partial charge in [0.2, 0.25) is 0 Å². The number of rotatable bonds is 4. The van der Waals surface area contributed by atoms with Gasteiger partial charge in [-0.2, -0.15) is 5.10 Å². The van der Waals surface area contributed by atoms with Crippen LogP contribution < -0.4 is 4.74 Å². The molecule has 0 aliphatic rings. The molecule has 0 spiro atoms. The Morgan fingerprint density at radius 2 is 2.21 bits per heavy atom. The summed E-state index contributed by atoms with van der Waals surface area (Å²) in [5, 5.41) is 16.0. The minimum absolute atomic E-state index is 0.353. The van der Waals surface area contributed by atoms with Crippen molar-refractivity contribution < 1.29 is 14.6 Å². The van der Waals surface area contributed by atoms with Gasteiger partial charge in [0, 0.05) is 11.3 Å².